The first kappa shape index (κ1) is 23.0. The van der Waals surface area contributed by atoms with E-state index in [1.807, 2.05) is 47.9 Å². The molecule has 0 saturated carbocycles. The molecule has 1 N–H and O–H groups in total. The molecule has 3 aromatic rings. The number of anilines is 2. The van der Waals surface area contributed by atoms with Crippen molar-refractivity contribution in [2.75, 3.05) is 48.7 Å². The van der Waals surface area contributed by atoms with Crippen molar-refractivity contribution in [2.24, 2.45) is 0 Å². The number of hydrogen-bond donors (Lipinski definition) is 1. The number of carbonyl (C=O) groups is 1. The highest BCUT2D eigenvalue weighted by atomic mass is 79.9. The van der Waals surface area contributed by atoms with E-state index in [4.69, 9.17) is 0 Å². The van der Waals surface area contributed by atoms with Crippen LogP contribution >= 0.6 is 39.0 Å². The van der Waals surface area contributed by atoms with Gasteiger partial charge >= 0.3 is 0 Å². The van der Waals surface area contributed by atoms with Gasteiger partial charge in [-0.3, -0.25) is 9.69 Å². The van der Waals surface area contributed by atoms with Gasteiger partial charge in [0.1, 0.15) is 0 Å². The number of benzene rings is 2. The Hall–Kier alpha value is -2.13. The van der Waals surface area contributed by atoms with Gasteiger partial charge in [0.2, 0.25) is 5.91 Å². The van der Waals surface area contributed by atoms with Crippen LogP contribution in [0.2, 0.25) is 0 Å². The van der Waals surface area contributed by atoms with Gasteiger partial charge in [0.05, 0.1) is 11.4 Å². The summed E-state index contributed by atoms with van der Waals surface area (Å²) in [7, 11) is 0. The molecular formula is C24H25BrN4OS2. The molecule has 0 bridgehead atoms. The van der Waals surface area contributed by atoms with Crippen LogP contribution in [0, 0.1) is 0 Å². The number of halogens is 1. The lowest BCUT2D eigenvalue weighted by molar-refractivity contribution is -0.113. The van der Waals surface area contributed by atoms with E-state index >= 15 is 0 Å². The monoisotopic (exact) mass is 528 g/mol. The summed E-state index contributed by atoms with van der Waals surface area (Å²) in [5.41, 5.74) is 4.02. The number of aromatic nitrogens is 1. The number of nitrogens with one attached hydrogen (secondary N) is 1. The first-order valence-electron chi connectivity index (χ1n) is 10.4. The van der Waals surface area contributed by atoms with Crippen LogP contribution in [-0.4, -0.2) is 54.3 Å². The van der Waals surface area contributed by atoms with E-state index in [2.05, 4.69) is 54.7 Å². The third-order valence-electron chi connectivity index (χ3n) is 5.23. The van der Waals surface area contributed by atoms with E-state index in [1.165, 1.54) is 17.4 Å². The molecule has 5 nitrogen and oxygen atoms in total. The van der Waals surface area contributed by atoms with Gasteiger partial charge in [-0.25, -0.2) is 4.98 Å². The van der Waals surface area contributed by atoms with Crippen LogP contribution in [0.1, 0.15) is 0 Å². The maximum Gasteiger partial charge on any atom is 0.234 e. The molecule has 166 valence electrons. The molecule has 1 aliphatic rings. The molecule has 2 aromatic carbocycles. The second kappa shape index (κ2) is 11.1. The van der Waals surface area contributed by atoms with Crippen LogP contribution in [0.4, 0.5) is 11.4 Å². The second-order valence-electron chi connectivity index (χ2n) is 7.47. The molecule has 8 heteroatoms. The van der Waals surface area contributed by atoms with E-state index in [0.717, 1.165) is 58.5 Å². The van der Waals surface area contributed by atoms with E-state index in [1.54, 1.807) is 11.3 Å². The minimum Gasteiger partial charge on any atom is -0.369 e. The van der Waals surface area contributed by atoms with Gasteiger partial charge in [-0.15, -0.1) is 17.9 Å². The number of nitrogens with zero attached hydrogens (tertiary/aromatic N) is 3. The average molecular weight is 530 g/mol. The zero-order valence-corrected chi connectivity index (χ0v) is 20.9. The van der Waals surface area contributed by atoms with Crippen molar-refractivity contribution in [3.05, 3.63) is 71.0 Å². The maximum absolute atomic E-state index is 12.4. The first-order valence-corrected chi connectivity index (χ1v) is 13.1. The van der Waals surface area contributed by atoms with Crippen LogP contribution < -0.4 is 10.2 Å². The van der Waals surface area contributed by atoms with E-state index in [-0.39, 0.29) is 5.91 Å². The van der Waals surface area contributed by atoms with Crippen molar-refractivity contribution in [1.82, 2.24) is 9.88 Å². The van der Waals surface area contributed by atoms with Crippen LogP contribution in [0.3, 0.4) is 0 Å². The average Bonchev–Trinajstić information content (AvgIpc) is 3.29. The quantitative estimate of drug-likeness (QED) is 0.304. The number of hydrogen-bond acceptors (Lipinski definition) is 6. The van der Waals surface area contributed by atoms with E-state index < -0.39 is 0 Å². The third-order valence-corrected chi connectivity index (χ3v) is 7.78. The van der Waals surface area contributed by atoms with Gasteiger partial charge in [-0.2, -0.15) is 0 Å². The zero-order chi connectivity index (χ0) is 22.3. The summed E-state index contributed by atoms with van der Waals surface area (Å²) in [6.45, 7) is 8.86. The molecule has 4 rings (SSSR count). The Bertz CT molecular complexity index is 1040. The second-order valence-corrected chi connectivity index (χ2v) is 10.5. The van der Waals surface area contributed by atoms with Crippen molar-refractivity contribution in [3.63, 3.8) is 0 Å². The van der Waals surface area contributed by atoms with Crippen LogP contribution in [0.5, 0.6) is 0 Å². The molecule has 1 amide bonds. The lowest BCUT2D eigenvalue weighted by Gasteiger charge is -2.35. The largest absolute Gasteiger partial charge is 0.369 e. The summed E-state index contributed by atoms with van der Waals surface area (Å²) < 4.78 is 1.94. The summed E-state index contributed by atoms with van der Waals surface area (Å²) in [4.78, 5) is 21.8. The number of carbonyl (C=O) groups excluding carboxylic acids is 1. The molecule has 0 spiro atoms. The fraction of sp³-hybridized carbons (Fsp3) is 0.250. The number of thiazole rings is 1. The predicted octanol–water partition coefficient (Wildman–Crippen LogP) is 5.61. The SMILES string of the molecule is C=CCN1CCN(c2ccc(NC(=O)CSc3nc(-c4ccc(Br)cc4)cs3)cc2)CC1. The van der Waals surface area contributed by atoms with Crippen LogP contribution in [0.25, 0.3) is 11.3 Å². The van der Waals surface area contributed by atoms with E-state index in [0.29, 0.717) is 5.75 Å². The Morgan fingerprint density at radius 2 is 1.84 bits per heavy atom. The van der Waals surface area contributed by atoms with Crippen LogP contribution in [0.15, 0.2) is 75.4 Å². The van der Waals surface area contributed by atoms with Gasteiger partial charge in [0, 0.05) is 59.5 Å². The van der Waals surface area contributed by atoms with Crippen LogP contribution in [-0.2, 0) is 4.79 Å². The molecule has 0 radical (unpaired) electrons. The van der Waals surface area contributed by atoms with Gasteiger partial charge in [-0.05, 0) is 36.4 Å². The van der Waals surface area contributed by atoms with Crippen molar-refractivity contribution < 1.29 is 4.79 Å². The zero-order valence-electron chi connectivity index (χ0n) is 17.7. The Morgan fingerprint density at radius 3 is 2.53 bits per heavy atom. The summed E-state index contributed by atoms with van der Waals surface area (Å²) in [5, 5.41) is 5.01. The van der Waals surface area contributed by atoms with E-state index in [9.17, 15) is 4.79 Å². The molecular weight excluding hydrogens is 504 g/mol. The van der Waals surface area contributed by atoms with Gasteiger partial charge < -0.3 is 10.2 Å². The Kier molecular flexibility index (Phi) is 8.02. The molecule has 0 unspecified atom stereocenters. The topological polar surface area (TPSA) is 48.5 Å². The highest BCUT2D eigenvalue weighted by Gasteiger charge is 2.16. The molecule has 1 saturated heterocycles. The normalized spacial score (nSPS) is 14.3. The number of amides is 1. The molecule has 0 atom stereocenters. The molecule has 32 heavy (non-hydrogen) atoms. The van der Waals surface area contributed by atoms with Gasteiger partial charge in [0.25, 0.3) is 0 Å². The number of thioether (sulfide) groups is 1. The standard InChI is InChI=1S/C24H25BrN4OS2/c1-2-11-28-12-14-29(15-13-28)21-9-7-20(8-10-21)26-23(30)17-32-24-27-22(16-31-24)18-3-5-19(25)6-4-18/h2-10,16H,1,11-15,17H2,(H,26,30). The van der Waals surface area contributed by atoms with Crippen molar-refractivity contribution in [2.45, 2.75) is 4.34 Å². The number of rotatable bonds is 8. The Labute approximate surface area is 205 Å². The van der Waals surface area contributed by atoms with Gasteiger partial charge in [0.15, 0.2) is 4.34 Å². The highest BCUT2D eigenvalue weighted by Crippen LogP contribution is 2.29. The lowest BCUT2D eigenvalue weighted by atomic mass is 10.2. The molecule has 1 fully saturated rings. The lowest BCUT2D eigenvalue weighted by Crippen LogP contribution is -2.46. The Morgan fingerprint density at radius 1 is 1.12 bits per heavy atom. The molecule has 0 aliphatic carbocycles. The molecule has 1 aromatic heterocycles. The smallest absolute Gasteiger partial charge is 0.234 e. The summed E-state index contributed by atoms with van der Waals surface area (Å²) >= 11 is 6.48. The molecule has 1 aliphatic heterocycles. The summed E-state index contributed by atoms with van der Waals surface area (Å²) in [6.07, 6.45) is 1.96. The fourth-order valence-corrected chi connectivity index (χ4v) is 5.43. The van der Waals surface area contributed by atoms with Crippen molar-refractivity contribution in [1.29, 1.82) is 0 Å². The minimum absolute atomic E-state index is 0.0267. The Balaban J connectivity index is 1.25. The first-order chi connectivity index (χ1) is 15.6. The summed E-state index contributed by atoms with van der Waals surface area (Å²) in [5.74, 6) is 0.307. The van der Waals surface area contributed by atoms with Gasteiger partial charge in [-0.1, -0.05) is 45.9 Å². The number of piperazine rings is 1. The fourth-order valence-electron chi connectivity index (χ4n) is 3.53. The molecule has 2 heterocycles. The van der Waals surface area contributed by atoms with Crippen molar-refractivity contribution >= 4 is 56.3 Å². The third kappa shape index (κ3) is 6.22. The van der Waals surface area contributed by atoms with Crippen molar-refractivity contribution in [3.8, 4) is 11.3 Å². The maximum atomic E-state index is 12.4. The highest BCUT2D eigenvalue weighted by molar-refractivity contribution is 9.10. The predicted molar refractivity (Wildman–Crippen MR) is 140 cm³/mol. The summed E-state index contributed by atoms with van der Waals surface area (Å²) in [6, 6.07) is 16.2. The minimum atomic E-state index is -0.0267.